The van der Waals surface area contributed by atoms with Crippen molar-refractivity contribution in [1.29, 1.82) is 0 Å². The number of thioether (sulfide) groups is 1. The number of rotatable bonds is 6. The molecule has 0 aliphatic heterocycles. The van der Waals surface area contributed by atoms with E-state index >= 15 is 0 Å². The van der Waals surface area contributed by atoms with Crippen molar-refractivity contribution in [2.45, 2.75) is 36.6 Å². The highest BCUT2D eigenvalue weighted by atomic mass is 32.2. The van der Waals surface area contributed by atoms with Gasteiger partial charge in [-0.3, -0.25) is 0 Å². The fourth-order valence-electron chi connectivity index (χ4n) is 1.67. The molecule has 0 bridgehead atoms. The van der Waals surface area contributed by atoms with Crippen molar-refractivity contribution in [3.63, 3.8) is 0 Å². The van der Waals surface area contributed by atoms with Gasteiger partial charge in [0.25, 0.3) is 0 Å². The summed E-state index contributed by atoms with van der Waals surface area (Å²) in [4.78, 5) is 1.10. The zero-order valence-corrected chi connectivity index (χ0v) is 10.2. The highest BCUT2D eigenvalue weighted by molar-refractivity contribution is 7.99. The van der Waals surface area contributed by atoms with Crippen LogP contribution in [-0.2, 0) is 0 Å². The van der Waals surface area contributed by atoms with Crippen LogP contribution in [-0.4, -0.2) is 11.8 Å². The van der Waals surface area contributed by atoms with Gasteiger partial charge in [0.1, 0.15) is 5.82 Å². The topological polar surface area (TPSA) is 26.0 Å². The first-order valence-electron chi connectivity index (χ1n) is 5.88. The third-order valence-electron chi connectivity index (χ3n) is 2.92. The van der Waals surface area contributed by atoms with Gasteiger partial charge in [-0.05, 0) is 43.0 Å². The summed E-state index contributed by atoms with van der Waals surface area (Å²) in [5.41, 5.74) is 6.03. The van der Waals surface area contributed by atoms with E-state index in [1.807, 2.05) is 12.1 Å². The number of benzene rings is 1. The molecule has 1 aliphatic rings. The van der Waals surface area contributed by atoms with Crippen molar-refractivity contribution < 1.29 is 4.39 Å². The van der Waals surface area contributed by atoms with Crippen LogP contribution in [0.25, 0.3) is 0 Å². The molecule has 1 aromatic rings. The molecule has 0 saturated heterocycles. The van der Waals surface area contributed by atoms with Crippen LogP contribution in [0, 0.1) is 11.7 Å². The lowest BCUT2D eigenvalue weighted by Gasteiger charge is -2.10. The predicted octanol–water partition coefficient (Wildman–Crippen LogP) is 3.44. The summed E-state index contributed by atoms with van der Waals surface area (Å²) >= 11 is 1.72. The molecule has 1 nitrogen and oxygen atoms in total. The maximum absolute atomic E-state index is 12.7. The van der Waals surface area contributed by atoms with Crippen LogP contribution < -0.4 is 5.73 Å². The largest absolute Gasteiger partial charge is 0.327 e. The van der Waals surface area contributed by atoms with Gasteiger partial charge in [-0.1, -0.05) is 12.8 Å². The highest BCUT2D eigenvalue weighted by Gasteiger charge is 2.21. The van der Waals surface area contributed by atoms with Gasteiger partial charge in [0, 0.05) is 16.7 Å². The molecule has 1 unspecified atom stereocenters. The third-order valence-corrected chi connectivity index (χ3v) is 4.12. The maximum Gasteiger partial charge on any atom is 0.123 e. The van der Waals surface area contributed by atoms with Crippen LogP contribution in [0.2, 0.25) is 0 Å². The normalized spacial score (nSPS) is 17.4. The molecule has 0 spiro atoms. The minimum Gasteiger partial charge on any atom is -0.327 e. The monoisotopic (exact) mass is 239 g/mol. The van der Waals surface area contributed by atoms with Crippen molar-refractivity contribution in [3.8, 4) is 0 Å². The van der Waals surface area contributed by atoms with E-state index in [9.17, 15) is 4.39 Å². The van der Waals surface area contributed by atoms with E-state index < -0.39 is 0 Å². The molecule has 1 aromatic carbocycles. The summed E-state index contributed by atoms with van der Waals surface area (Å²) in [6.07, 6.45) is 5.21. The summed E-state index contributed by atoms with van der Waals surface area (Å²) < 4.78 is 12.7. The van der Waals surface area contributed by atoms with Crippen molar-refractivity contribution in [2.24, 2.45) is 11.7 Å². The Balaban J connectivity index is 1.67. The molecule has 16 heavy (non-hydrogen) atoms. The highest BCUT2D eigenvalue weighted by Crippen LogP contribution is 2.34. The zero-order valence-electron chi connectivity index (χ0n) is 9.36. The van der Waals surface area contributed by atoms with Crippen molar-refractivity contribution in [3.05, 3.63) is 30.1 Å². The molecule has 88 valence electrons. The van der Waals surface area contributed by atoms with Crippen molar-refractivity contribution in [2.75, 3.05) is 5.75 Å². The molecule has 1 aliphatic carbocycles. The summed E-state index contributed by atoms with van der Waals surface area (Å²) in [5, 5.41) is 0. The average Bonchev–Trinajstić information content (AvgIpc) is 3.09. The Hall–Kier alpha value is -0.540. The van der Waals surface area contributed by atoms with E-state index in [1.54, 1.807) is 11.8 Å². The van der Waals surface area contributed by atoms with E-state index in [4.69, 9.17) is 5.73 Å². The summed E-state index contributed by atoms with van der Waals surface area (Å²) in [6.45, 7) is 0. The minimum absolute atomic E-state index is 0.178. The van der Waals surface area contributed by atoms with Gasteiger partial charge in [0.2, 0.25) is 0 Å². The number of hydrogen-bond acceptors (Lipinski definition) is 2. The van der Waals surface area contributed by atoms with Gasteiger partial charge in [0.05, 0.1) is 0 Å². The van der Waals surface area contributed by atoms with Crippen LogP contribution in [0.4, 0.5) is 4.39 Å². The van der Waals surface area contributed by atoms with Gasteiger partial charge in [-0.2, -0.15) is 0 Å². The Bertz CT molecular complexity index is 321. The molecular weight excluding hydrogens is 221 g/mol. The molecule has 0 radical (unpaired) electrons. The lowest BCUT2D eigenvalue weighted by molar-refractivity contribution is 0.591. The lowest BCUT2D eigenvalue weighted by Crippen LogP contribution is -2.22. The standard InChI is InChI=1S/C13H18FNS/c14-11-4-7-13(8-5-11)16-9-12(15)6-3-10-1-2-10/h4-5,7-8,10,12H,1-3,6,9,15H2. The number of halogens is 1. The Labute approximate surface area is 101 Å². The molecule has 0 amide bonds. The van der Waals surface area contributed by atoms with Crippen LogP contribution in [0.1, 0.15) is 25.7 Å². The van der Waals surface area contributed by atoms with Crippen molar-refractivity contribution in [1.82, 2.24) is 0 Å². The van der Waals surface area contributed by atoms with Crippen LogP contribution >= 0.6 is 11.8 Å². The van der Waals surface area contributed by atoms with E-state index in [1.165, 1.54) is 31.4 Å². The zero-order chi connectivity index (χ0) is 11.4. The van der Waals surface area contributed by atoms with Gasteiger partial charge in [-0.15, -0.1) is 11.8 Å². The second-order valence-corrected chi connectivity index (χ2v) is 5.64. The molecule has 3 heteroatoms. The molecule has 2 rings (SSSR count). The minimum atomic E-state index is -0.178. The second-order valence-electron chi connectivity index (χ2n) is 4.55. The fraction of sp³-hybridized carbons (Fsp3) is 0.538. The van der Waals surface area contributed by atoms with E-state index in [2.05, 4.69) is 0 Å². The Morgan fingerprint density at radius 3 is 2.62 bits per heavy atom. The molecule has 0 heterocycles. The smallest absolute Gasteiger partial charge is 0.123 e. The SMILES string of the molecule is NC(CCC1CC1)CSc1ccc(F)cc1. The summed E-state index contributed by atoms with van der Waals surface area (Å²) in [6, 6.07) is 6.90. The van der Waals surface area contributed by atoms with Gasteiger partial charge >= 0.3 is 0 Å². The molecule has 1 fully saturated rings. The Morgan fingerprint density at radius 2 is 2.00 bits per heavy atom. The summed E-state index contributed by atoms with van der Waals surface area (Å²) in [7, 11) is 0. The Kier molecular flexibility index (Phi) is 4.24. The fourth-order valence-corrected chi connectivity index (χ4v) is 2.58. The summed E-state index contributed by atoms with van der Waals surface area (Å²) in [5.74, 6) is 1.71. The van der Waals surface area contributed by atoms with E-state index in [-0.39, 0.29) is 11.9 Å². The first-order valence-corrected chi connectivity index (χ1v) is 6.86. The molecule has 2 N–H and O–H groups in total. The van der Waals surface area contributed by atoms with E-state index in [0.717, 1.165) is 23.0 Å². The van der Waals surface area contributed by atoms with Crippen LogP contribution in [0.5, 0.6) is 0 Å². The first-order chi connectivity index (χ1) is 7.74. The number of hydrogen-bond donors (Lipinski definition) is 1. The second kappa shape index (κ2) is 5.69. The Morgan fingerprint density at radius 1 is 1.31 bits per heavy atom. The maximum atomic E-state index is 12.7. The molecular formula is C13H18FNS. The quantitative estimate of drug-likeness (QED) is 0.770. The third kappa shape index (κ3) is 4.14. The average molecular weight is 239 g/mol. The predicted molar refractivity (Wildman–Crippen MR) is 67.1 cm³/mol. The van der Waals surface area contributed by atoms with Crippen LogP contribution in [0.3, 0.4) is 0 Å². The van der Waals surface area contributed by atoms with Gasteiger partial charge in [-0.25, -0.2) is 4.39 Å². The van der Waals surface area contributed by atoms with Gasteiger partial charge in [0.15, 0.2) is 0 Å². The lowest BCUT2D eigenvalue weighted by atomic mass is 10.1. The molecule has 1 atom stereocenters. The van der Waals surface area contributed by atoms with Crippen molar-refractivity contribution >= 4 is 11.8 Å². The van der Waals surface area contributed by atoms with E-state index in [0.29, 0.717) is 0 Å². The van der Waals surface area contributed by atoms with Gasteiger partial charge < -0.3 is 5.73 Å². The number of nitrogens with two attached hydrogens (primary N) is 1. The molecule has 0 aromatic heterocycles. The van der Waals surface area contributed by atoms with Crippen LogP contribution in [0.15, 0.2) is 29.2 Å². The molecule has 1 saturated carbocycles. The first kappa shape index (κ1) is 11.9.